The molecule has 3 rings (SSSR count). The minimum absolute atomic E-state index is 0.554. The van der Waals surface area contributed by atoms with Crippen LogP contribution in [-0.4, -0.2) is 11.0 Å². The van der Waals surface area contributed by atoms with Gasteiger partial charge in [-0.15, -0.1) is 0 Å². The lowest BCUT2D eigenvalue weighted by Gasteiger charge is -2.19. The van der Waals surface area contributed by atoms with Crippen molar-refractivity contribution >= 4 is 26.7 Å². The summed E-state index contributed by atoms with van der Waals surface area (Å²) < 4.78 is 1.27. The number of para-hydroxylation sites is 1. The van der Waals surface area contributed by atoms with Crippen LogP contribution in [0.5, 0.6) is 0 Å². The van der Waals surface area contributed by atoms with Crippen LogP contribution in [-0.2, 0) is 0 Å². The summed E-state index contributed by atoms with van der Waals surface area (Å²) in [6.45, 7) is 2.29. The van der Waals surface area contributed by atoms with E-state index >= 15 is 0 Å². The number of nitrogens with zero attached hydrogens (tertiary/aromatic N) is 1. The predicted octanol–water partition coefficient (Wildman–Crippen LogP) is 4.29. The van der Waals surface area contributed by atoms with Gasteiger partial charge in [-0.1, -0.05) is 36.3 Å². The van der Waals surface area contributed by atoms with Crippen molar-refractivity contribution in [1.82, 2.24) is 4.98 Å². The number of benzene rings is 1. The summed E-state index contributed by atoms with van der Waals surface area (Å²) in [7, 11) is 0. The molecule has 1 N–H and O–H groups in total. The molecule has 1 atom stereocenters. The van der Waals surface area contributed by atoms with Crippen molar-refractivity contribution in [3.63, 3.8) is 0 Å². The van der Waals surface area contributed by atoms with Gasteiger partial charge in [0.15, 0.2) is 5.13 Å². The van der Waals surface area contributed by atoms with E-state index in [-0.39, 0.29) is 0 Å². The van der Waals surface area contributed by atoms with Crippen LogP contribution in [0.15, 0.2) is 24.3 Å². The van der Waals surface area contributed by atoms with Crippen LogP contribution in [0.1, 0.15) is 32.6 Å². The van der Waals surface area contributed by atoms with Gasteiger partial charge in [-0.3, -0.25) is 0 Å². The third-order valence-corrected chi connectivity index (χ3v) is 4.72. The molecule has 3 heteroatoms. The molecule has 0 bridgehead atoms. The monoisotopic (exact) mass is 246 g/mol. The van der Waals surface area contributed by atoms with Crippen molar-refractivity contribution in [1.29, 1.82) is 0 Å². The van der Waals surface area contributed by atoms with Crippen LogP contribution in [0.25, 0.3) is 10.2 Å². The van der Waals surface area contributed by atoms with Gasteiger partial charge in [0.25, 0.3) is 0 Å². The van der Waals surface area contributed by atoms with Gasteiger partial charge >= 0.3 is 0 Å². The molecule has 1 aromatic heterocycles. The quantitative estimate of drug-likeness (QED) is 0.874. The van der Waals surface area contributed by atoms with Gasteiger partial charge < -0.3 is 5.32 Å². The van der Waals surface area contributed by atoms with Crippen LogP contribution in [0, 0.1) is 5.92 Å². The minimum atomic E-state index is 0.554. The fraction of sp³-hybridized carbons (Fsp3) is 0.500. The molecule has 0 amide bonds. The third-order valence-electron chi connectivity index (χ3n) is 3.75. The summed E-state index contributed by atoms with van der Waals surface area (Å²) in [4.78, 5) is 4.63. The molecular formula is C14H18N2S. The highest BCUT2D eigenvalue weighted by molar-refractivity contribution is 7.22. The lowest BCUT2D eigenvalue weighted by Crippen LogP contribution is -2.23. The van der Waals surface area contributed by atoms with E-state index in [9.17, 15) is 0 Å². The lowest BCUT2D eigenvalue weighted by atomic mass is 10.0. The highest BCUT2D eigenvalue weighted by atomic mass is 32.1. The number of thiazole rings is 1. The number of hydrogen-bond acceptors (Lipinski definition) is 3. The van der Waals surface area contributed by atoms with Gasteiger partial charge in [-0.25, -0.2) is 4.98 Å². The minimum Gasteiger partial charge on any atom is -0.359 e. The first-order valence-corrected chi connectivity index (χ1v) is 7.27. The molecule has 0 aliphatic heterocycles. The molecule has 1 saturated carbocycles. The Hall–Kier alpha value is -1.09. The maximum Gasteiger partial charge on any atom is 0.184 e. The first kappa shape index (κ1) is 11.0. The standard InChI is InChI=1S/C14H18N2S/c1-10(11-6-2-3-7-11)15-14-16-12-8-4-5-9-13(12)17-14/h4-5,8-11H,2-3,6-7H2,1H3,(H,15,16). The lowest BCUT2D eigenvalue weighted by molar-refractivity contribution is 0.482. The molecule has 17 heavy (non-hydrogen) atoms. The molecule has 2 nitrogen and oxygen atoms in total. The first-order chi connectivity index (χ1) is 8.33. The summed E-state index contributed by atoms with van der Waals surface area (Å²) in [5, 5.41) is 4.66. The third kappa shape index (κ3) is 2.29. The van der Waals surface area contributed by atoms with Crippen molar-refractivity contribution in [2.24, 2.45) is 5.92 Å². The Morgan fingerprint density at radius 2 is 2.06 bits per heavy atom. The largest absolute Gasteiger partial charge is 0.359 e. The van der Waals surface area contributed by atoms with E-state index < -0.39 is 0 Å². The van der Waals surface area contributed by atoms with Crippen molar-refractivity contribution in [3.05, 3.63) is 24.3 Å². The summed E-state index contributed by atoms with van der Waals surface area (Å²) in [6.07, 6.45) is 5.55. The van der Waals surface area contributed by atoms with Gasteiger partial charge in [0, 0.05) is 6.04 Å². The number of hydrogen-bond donors (Lipinski definition) is 1. The van der Waals surface area contributed by atoms with Crippen molar-refractivity contribution < 1.29 is 0 Å². The van der Waals surface area contributed by atoms with E-state index in [2.05, 4.69) is 35.4 Å². The molecule has 1 aliphatic carbocycles. The summed E-state index contributed by atoms with van der Waals surface area (Å²) in [5.74, 6) is 0.835. The van der Waals surface area contributed by atoms with E-state index in [4.69, 9.17) is 0 Å². The molecule has 1 unspecified atom stereocenters. The zero-order valence-corrected chi connectivity index (χ0v) is 11.0. The normalized spacial score (nSPS) is 18.6. The number of aromatic nitrogens is 1. The number of nitrogens with one attached hydrogen (secondary N) is 1. The Morgan fingerprint density at radius 1 is 1.29 bits per heavy atom. The molecule has 2 aromatic rings. The second-order valence-electron chi connectivity index (χ2n) is 4.96. The molecule has 0 spiro atoms. The fourth-order valence-corrected chi connectivity index (χ4v) is 3.67. The van der Waals surface area contributed by atoms with Gasteiger partial charge in [-0.2, -0.15) is 0 Å². The average Bonchev–Trinajstić information content (AvgIpc) is 2.97. The SMILES string of the molecule is CC(Nc1nc2ccccc2s1)C1CCCC1. The number of anilines is 1. The van der Waals surface area contributed by atoms with Crippen molar-refractivity contribution in [3.8, 4) is 0 Å². The molecule has 1 aromatic carbocycles. The molecule has 0 saturated heterocycles. The maximum absolute atomic E-state index is 4.63. The van der Waals surface area contributed by atoms with E-state index in [0.717, 1.165) is 16.6 Å². The van der Waals surface area contributed by atoms with Gasteiger partial charge in [0.05, 0.1) is 10.2 Å². The second kappa shape index (κ2) is 4.65. The van der Waals surface area contributed by atoms with Crippen molar-refractivity contribution in [2.75, 3.05) is 5.32 Å². The van der Waals surface area contributed by atoms with Crippen LogP contribution in [0.2, 0.25) is 0 Å². The van der Waals surface area contributed by atoms with Gasteiger partial charge in [0.1, 0.15) is 0 Å². The van der Waals surface area contributed by atoms with E-state index in [1.54, 1.807) is 11.3 Å². The summed E-state index contributed by atoms with van der Waals surface area (Å²) >= 11 is 1.76. The van der Waals surface area contributed by atoms with E-state index in [0.29, 0.717) is 6.04 Å². The highest BCUT2D eigenvalue weighted by Gasteiger charge is 2.21. The van der Waals surface area contributed by atoms with Crippen molar-refractivity contribution in [2.45, 2.75) is 38.6 Å². The Kier molecular flexibility index (Phi) is 3.02. The van der Waals surface area contributed by atoms with Crippen LogP contribution in [0.3, 0.4) is 0 Å². The fourth-order valence-electron chi connectivity index (χ4n) is 2.70. The molecule has 1 heterocycles. The van der Waals surface area contributed by atoms with Crippen LogP contribution in [0.4, 0.5) is 5.13 Å². The Morgan fingerprint density at radius 3 is 2.82 bits per heavy atom. The zero-order valence-electron chi connectivity index (χ0n) is 10.1. The topological polar surface area (TPSA) is 24.9 Å². The smallest absolute Gasteiger partial charge is 0.184 e. The molecule has 90 valence electrons. The number of fused-ring (bicyclic) bond motifs is 1. The average molecular weight is 246 g/mol. The Bertz CT molecular complexity index is 467. The van der Waals surface area contributed by atoms with Crippen LogP contribution >= 0.6 is 11.3 Å². The van der Waals surface area contributed by atoms with Gasteiger partial charge in [0.2, 0.25) is 0 Å². The van der Waals surface area contributed by atoms with E-state index in [1.165, 1.54) is 30.4 Å². The van der Waals surface area contributed by atoms with Crippen LogP contribution < -0.4 is 5.32 Å². The second-order valence-corrected chi connectivity index (χ2v) is 5.99. The molecule has 1 fully saturated rings. The first-order valence-electron chi connectivity index (χ1n) is 6.45. The number of rotatable bonds is 3. The zero-order chi connectivity index (χ0) is 11.7. The molecular weight excluding hydrogens is 228 g/mol. The Labute approximate surface area is 106 Å². The predicted molar refractivity (Wildman–Crippen MR) is 74.7 cm³/mol. The molecule has 1 aliphatic rings. The van der Waals surface area contributed by atoms with E-state index in [1.807, 2.05) is 6.07 Å². The Balaban J connectivity index is 1.75. The highest BCUT2D eigenvalue weighted by Crippen LogP contribution is 2.31. The van der Waals surface area contributed by atoms with Gasteiger partial charge in [-0.05, 0) is 37.8 Å². The summed E-state index contributed by atoms with van der Waals surface area (Å²) in [6, 6.07) is 8.89. The molecule has 0 radical (unpaired) electrons. The summed E-state index contributed by atoms with van der Waals surface area (Å²) in [5.41, 5.74) is 1.11. The maximum atomic E-state index is 4.63.